The van der Waals surface area contributed by atoms with Gasteiger partial charge in [0, 0.05) is 77.8 Å². The Morgan fingerprint density at radius 1 is 0.298 bits per heavy atom. The number of hydrogen-bond acceptors (Lipinski definition) is 6. The SMILES string of the molecule is Fc1ccccc1N1c2cc(N(c3ccccc3)c3ccccc3-c3ccccc3)cc3c2B(c2ccccc2N3c2ccccc2-c2ccccc2)c2cc3c(c(F)c21)Sc1cc(N(c2ccccc2)c2ccccc2)cc2c1B3c1ccccc1N2c1ccccc1. The second-order valence-electron chi connectivity index (χ2n) is 24.1. The van der Waals surface area contributed by atoms with Crippen LogP contribution in [-0.2, 0) is 0 Å². The third-order valence-corrected chi connectivity index (χ3v) is 20.1. The Labute approximate surface area is 550 Å². The number of para-hydroxylation sites is 9. The van der Waals surface area contributed by atoms with Crippen LogP contribution in [0.2, 0.25) is 0 Å². The van der Waals surface area contributed by atoms with Crippen molar-refractivity contribution >= 4 is 143 Å². The van der Waals surface area contributed by atoms with Gasteiger partial charge in [-0.1, -0.05) is 242 Å². The smallest absolute Gasteiger partial charge is 0.252 e. The Balaban J connectivity index is 0.946. The van der Waals surface area contributed by atoms with Crippen LogP contribution in [0.3, 0.4) is 0 Å². The summed E-state index contributed by atoms with van der Waals surface area (Å²) in [7, 11) is 0. The molecule has 0 fully saturated rings. The van der Waals surface area contributed by atoms with Crippen molar-refractivity contribution in [1.29, 1.82) is 0 Å². The highest BCUT2D eigenvalue weighted by Crippen LogP contribution is 2.54. The first kappa shape index (κ1) is 55.3. The van der Waals surface area contributed by atoms with Crippen LogP contribution in [0, 0.1) is 11.6 Å². The molecule has 0 aliphatic carbocycles. The van der Waals surface area contributed by atoms with Crippen molar-refractivity contribution in [2.75, 3.05) is 24.5 Å². The third-order valence-electron chi connectivity index (χ3n) is 18.9. The van der Waals surface area contributed by atoms with Gasteiger partial charge in [-0.3, -0.25) is 0 Å². The molecule has 0 saturated heterocycles. The van der Waals surface area contributed by atoms with Crippen LogP contribution < -0.4 is 57.3 Å². The summed E-state index contributed by atoms with van der Waals surface area (Å²) >= 11 is 1.47. The largest absolute Gasteiger partial charge is 0.311 e. The molecule has 0 saturated carbocycles. The lowest BCUT2D eigenvalue weighted by atomic mass is 9.31. The van der Waals surface area contributed by atoms with Gasteiger partial charge in [-0.2, -0.15) is 0 Å². The summed E-state index contributed by atoms with van der Waals surface area (Å²) in [5.74, 6) is -0.887. The van der Waals surface area contributed by atoms with E-state index in [9.17, 15) is 0 Å². The van der Waals surface area contributed by atoms with Crippen LogP contribution in [0.5, 0.6) is 0 Å². The van der Waals surface area contributed by atoms with Gasteiger partial charge in [-0.15, -0.1) is 0 Å². The predicted octanol–water partition coefficient (Wildman–Crippen LogP) is 19.1. The van der Waals surface area contributed by atoms with Gasteiger partial charge in [0.15, 0.2) is 5.82 Å². The fraction of sp³-hybridized carbons (Fsp3) is 0. The molecule has 0 amide bonds. The summed E-state index contributed by atoms with van der Waals surface area (Å²) in [4.78, 5) is 12.7. The van der Waals surface area contributed by atoms with Crippen molar-refractivity contribution in [3.63, 3.8) is 0 Å². The van der Waals surface area contributed by atoms with E-state index >= 15 is 8.78 Å². The minimum absolute atomic E-state index is 0.236. The minimum Gasteiger partial charge on any atom is -0.311 e. The van der Waals surface area contributed by atoms with E-state index < -0.39 is 25.1 Å². The van der Waals surface area contributed by atoms with Crippen molar-refractivity contribution in [3.8, 4) is 22.3 Å². The summed E-state index contributed by atoms with van der Waals surface area (Å²) in [5, 5.41) is 0. The molecule has 4 aliphatic heterocycles. The molecule has 5 nitrogen and oxygen atoms in total. The molecule has 0 unspecified atom stereocenters. The summed E-state index contributed by atoms with van der Waals surface area (Å²) in [5.41, 5.74) is 22.5. The highest BCUT2D eigenvalue weighted by atomic mass is 32.2. The standard InChI is InChI=1S/C84H55B2F2N5S/c87-70-45-23-28-50-75(70)93-77-52-62(90(60-37-15-5-16-38-60)71-46-24-19-41-64(71)56-29-7-1-8-30-56)51-76-80(77)85(67-44-22-27-49-74(67)92(76)72-47-25-20-42-65(72)57-31-9-2-10-32-57)68-55-69-84(82(88)83(68)93)94-79-54-63(89(58-33-11-3-12-34-58)59-35-13-4-14-36-59)53-78-81(79)86(69)66-43-21-26-48-73(66)91(78)61-39-17-6-18-40-61/h1-55H. The lowest BCUT2D eigenvalue weighted by Gasteiger charge is -2.46. The Morgan fingerprint density at radius 2 is 0.734 bits per heavy atom. The number of hydrogen-bond donors (Lipinski definition) is 0. The van der Waals surface area contributed by atoms with Crippen LogP contribution >= 0.6 is 11.8 Å². The van der Waals surface area contributed by atoms with Crippen molar-refractivity contribution < 1.29 is 8.78 Å². The Morgan fingerprint density at radius 3 is 1.34 bits per heavy atom. The molecule has 14 aromatic rings. The van der Waals surface area contributed by atoms with E-state index in [2.05, 4.69) is 305 Å². The van der Waals surface area contributed by atoms with Crippen molar-refractivity contribution in [3.05, 3.63) is 345 Å². The highest BCUT2D eigenvalue weighted by Gasteiger charge is 2.50. The normalized spacial score (nSPS) is 12.9. The second kappa shape index (κ2) is 22.7. The molecule has 442 valence electrons. The van der Waals surface area contributed by atoms with Gasteiger partial charge in [-0.05, 0) is 148 Å². The van der Waals surface area contributed by atoms with Gasteiger partial charge in [-0.25, -0.2) is 8.78 Å². The van der Waals surface area contributed by atoms with Gasteiger partial charge >= 0.3 is 0 Å². The first-order valence-corrected chi connectivity index (χ1v) is 32.7. The van der Waals surface area contributed by atoms with E-state index in [0.717, 1.165) is 128 Å². The van der Waals surface area contributed by atoms with Crippen molar-refractivity contribution in [2.24, 2.45) is 0 Å². The molecule has 18 rings (SSSR count). The van der Waals surface area contributed by atoms with Gasteiger partial charge in [0.25, 0.3) is 6.71 Å². The fourth-order valence-electron chi connectivity index (χ4n) is 15.1. The summed E-state index contributed by atoms with van der Waals surface area (Å²) < 4.78 is 38.3. The van der Waals surface area contributed by atoms with Crippen LogP contribution in [-0.4, -0.2) is 13.4 Å². The van der Waals surface area contributed by atoms with E-state index in [1.807, 2.05) is 35.2 Å². The quantitative estimate of drug-likeness (QED) is 0.119. The van der Waals surface area contributed by atoms with Crippen LogP contribution in [0.1, 0.15) is 0 Å². The molecular formula is C84H55B2F2N5S. The summed E-state index contributed by atoms with van der Waals surface area (Å²) in [6.45, 7) is -0.941. The summed E-state index contributed by atoms with van der Waals surface area (Å²) in [6, 6.07) is 116. The molecule has 4 aliphatic rings. The monoisotopic (exact) mass is 1230 g/mol. The Kier molecular flexibility index (Phi) is 13.3. The number of halogens is 2. The Hall–Kier alpha value is -11.6. The Bertz CT molecular complexity index is 5220. The van der Waals surface area contributed by atoms with E-state index in [4.69, 9.17) is 0 Å². The van der Waals surface area contributed by atoms with E-state index in [0.29, 0.717) is 16.3 Å². The van der Waals surface area contributed by atoms with Crippen molar-refractivity contribution in [1.82, 2.24) is 0 Å². The molecule has 10 heteroatoms. The van der Waals surface area contributed by atoms with E-state index in [1.54, 1.807) is 12.1 Å². The molecular weight excluding hydrogens is 1170 g/mol. The first-order chi connectivity index (χ1) is 46.5. The molecule has 4 heterocycles. The van der Waals surface area contributed by atoms with E-state index in [1.165, 1.54) is 17.8 Å². The van der Waals surface area contributed by atoms with Gasteiger partial charge in [0.2, 0.25) is 6.71 Å². The second-order valence-corrected chi connectivity index (χ2v) is 25.2. The average molecular weight is 1230 g/mol. The lowest BCUT2D eigenvalue weighted by molar-refractivity contribution is 0.603. The average Bonchev–Trinajstić information content (AvgIpc) is 0.684. The zero-order valence-corrected chi connectivity index (χ0v) is 51.6. The summed E-state index contributed by atoms with van der Waals surface area (Å²) in [6.07, 6.45) is 0. The van der Waals surface area contributed by atoms with Crippen molar-refractivity contribution in [2.45, 2.75) is 9.79 Å². The molecule has 0 radical (unpaired) electrons. The maximum absolute atomic E-state index is 20.4. The topological polar surface area (TPSA) is 16.2 Å². The zero-order chi connectivity index (χ0) is 62.4. The van der Waals surface area contributed by atoms with E-state index in [-0.39, 0.29) is 5.69 Å². The third kappa shape index (κ3) is 8.85. The first-order valence-electron chi connectivity index (χ1n) is 31.9. The van der Waals surface area contributed by atoms with Gasteiger partial charge in [0.05, 0.1) is 28.4 Å². The molecule has 0 bridgehead atoms. The highest BCUT2D eigenvalue weighted by molar-refractivity contribution is 8.00. The van der Waals surface area contributed by atoms with Gasteiger partial charge in [0.1, 0.15) is 5.82 Å². The molecule has 0 N–H and O–H groups in total. The number of anilines is 15. The minimum atomic E-state index is -0.534. The molecule has 0 atom stereocenters. The number of fused-ring (bicyclic) bond motifs is 8. The van der Waals surface area contributed by atoms with Crippen LogP contribution in [0.15, 0.2) is 343 Å². The maximum Gasteiger partial charge on any atom is 0.252 e. The van der Waals surface area contributed by atoms with Crippen LogP contribution in [0.4, 0.5) is 94.1 Å². The maximum atomic E-state index is 20.4. The zero-order valence-electron chi connectivity index (χ0n) is 50.8. The predicted molar refractivity (Wildman–Crippen MR) is 391 cm³/mol. The lowest BCUT2D eigenvalue weighted by Crippen LogP contribution is -2.65. The molecule has 0 spiro atoms. The number of nitrogens with zero attached hydrogens (tertiary/aromatic N) is 5. The fourth-order valence-corrected chi connectivity index (χ4v) is 16.3. The van der Waals surface area contributed by atoms with Gasteiger partial charge < -0.3 is 24.5 Å². The molecule has 0 aromatic heterocycles. The van der Waals surface area contributed by atoms with Crippen LogP contribution in [0.25, 0.3) is 22.3 Å². The number of benzene rings is 14. The molecule has 14 aromatic carbocycles. The number of rotatable bonds is 11. The molecule has 94 heavy (non-hydrogen) atoms.